The largest absolute Gasteiger partial charge is 0.298 e. The predicted molar refractivity (Wildman–Crippen MR) is 78.0 cm³/mol. The second-order valence-corrected chi connectivity index (χ2v) is 5.93. The first-order valence-corrected chi connectivity index (χ1v) is 7.19. The minimum atomic E-state index is -0.240. The van der Waals surface area contributed by atoms with E-state index < -0.39 is 0 Å². The number of halogens is 1. The van der Waals surface area contributed by atoms with Gasteiger partial charge in [0.15, 0.2) is 0 Å². The Labute approximate surface area is 121 Å². The average molecular weight is 316 g/mol. The van der Waals surface area contributed by atoms with Crippen LogP contribution in [0, 0.1) is 0 Å². The molecule has 2 nitrogen and oxygen atoms in total. The Balaban J connectivity index is 1.79. The van der Waals surface area contributed by atoms with Crippen LogP contribution in [0.2, 0.25) is 0 Å². The number of carbonyl (C=O) groups excluding carboxylic acids is 1. The summed E-state index contributed by atoms with van der Waals surface area (Å²) in [6.45, 7) is 0. The number of Topliss-reactive ketones (excluding diaryl/α,β-unsaturated/α-hetero) is 1. The highest BCUT2D eigenvalue weighted by atomic mass is 79.9. The van der Waals surface area contributed by atoms with E-state index in [0.717, 1.165) is 28.6 Å². The Morgan fingerprint density at radius 3 is 2.47 bits per heavy atom. The third-order valence-electron chi connectivity index (χ3n) is 3.74. The molecule has 2 aromatic rings. The number of aromatic nitrogens is 1. The lowest BCUT2D eigenvalue weighted by Crippen LogP contribution is -2.22. The molecule has 96 valence electrons. The lowest BCUT2D eigenvalue weighted by molar-refractivity contribution is -0.120. The standard InChI is InChI=1S/C16H14BrNO/c17-13-6-7-14(18-11-13)10-15(19)16(8-9-16)12-4-2-1-3-5-12/h1-7,11H,8-10H2. The van der Waals surface area contributed by atoms with Gasteiger partial charge in [0.1, 0.15) is 5.78 Å². The van der Waals surface area contributed by atoms with Crippen molar-refractivity contribution in [1.82, 2.24) is 4.98 Å². The molecule has 0 atom stereocenters. The molecule has 19 heavy (non-hydrogen) atoms. The summed E-state index contributed by atoms with van der Waals surface area (Å²) < 4.78 is 0.938. The van der Waals surface area contributed by atoms with Gasteiger partial charge in [0, 0.05) is 22.8 Å². The van der Waals surface area contributed by atoms with Crippen molar-refractivity contribution in [3.63, 3.8) is 0 Å². The zero-order chi connectivity index (χ0) is 13.3. The fourth-order valence-electron chi connectivity index (χ4n) is 2.46. The fourth-order valence-corrected chi connectivity index (χ4v) is 2.69. The van der Waals surface area contributed by atoms with E-state index in [9.17, 15) is 4.79 Å². The molecule has 0 radical (unpaired) electrons. The summed E-state index contributed by atoms with van der Waals surface area (Å²) in [4.78, 5) is 16.8. The molecule has 1 aromatic carbocycles. The van der Waals surface area contributed by atoms with Crippen molar-refractivity contribution in [3.05, 3.63) is 64.4 Å². The van der Waals surface area contributed by atoms with Crippen LogP contribution >= 0.6 is 15.9 Å². The van der Waals surface area contributed by atoms with Crippen molar-refractivity contribution >= 4 is 21.7 Å². The molecule has 0 aliphatic heterocycles. The van der Waals surface area contributed by atoms with Crippen LogP contribution in [0.3, 0.4) is 0 Å². The van der Waals surface area contributed by atoms with Gasteiger partial charge < -0.3 is 0 Å². The van der Waals surface area contributed by atoms with Gasteiger partial charge in [-0.2, -0.15) is 0 Å². The van der Waals surface area contributed by atoms with Gasteiger partial charge in [0.2, 0.25) is 0 Å². The molecule has 0 saturated heterocycles. The molecule has 1 saturated carbocycles. The van der Waals surface area contributed by atoms with Crippen molar-refractivity contribution in [2.75, 3.05) is 0 Å². The van der Waals surface area contributed by atoms with E-state index in [-0.39, 0.29) is 11.2 Å². The SMILES string of the molecule is O=C(Cc1ccc(Br)cn1)C1(c2ccccc2)CC1. The van der Waals surface area contributed by atoms with Crippen LogP contribution in [0.25, 0.3) is 0 Å². The van der Waals surface area contributed by atoms with Gasteiger partial charge in [0.25, 0.3) is 0 Å². The normalized spacial score (nSPS) is 16.1. The van der Waals surface area contributed by atoms with Gasteiger partial charge in [-0.15, -0.1) is 0 Å². The van der Waals surface area contributed by atoms with Crippen LogP contribution in [0.5, 0.6) is 0 Å². The molecular formula is C16H14BrNO. The van der Waals surface area contributed by atoms with Crippen molar-refractivity contribution in [2.45, 2.75) is 24.7 Å². The first-order chi connectivity index (χ1) is 9.21. The number of hydrogen-bond donors (Lipinski definition) is 0. The number of nitrogens with zero attached hydrogens (tertiary/aromatic N) is 1. The lowest BCUT2D eigenvalue weighted by atomic mass is 9.89. The Hall–Kier alpha value is -1.48. The van der Waals surface area contributed by atoms with Crippen LogP contribution in [0.15, 0.2) is 53.1 Å². The number of carbonyl (C=O) groups is 1. The van der Waals surface area contributed by atoms with E-state index >= 15 is 0 Å². The molecule has 1 aromatic heterocycles. The topological polar surface area (TPSA) is 30.0 Å². The monoisotopic (exact) mass is 315 g/mol. The summed E-state index contributed by atoms with van der Waals surface area (Å²) in [5, 5.41) is 0. The van der Waals surface area contributed by atoms with E-state index in [2.05, 4.69) is 33.0 Å². The van der Waals surface area contributed by atoms with Crippen molar-refractivity contribution in [2.24, 2.45) is 0 Å². The minimum absolute atomic E-state index is 0.240. The van der Waals surface area contributed by atoms with Gasteiger partial charge in [-0.3, -0.25) is 9.78 Å². The van der Waals surface area contributed by atoms with Crippen LogP contribution in [-0.4, -0.2) is 10.8 Å². The number of pyridine rings is 1. The maximum absolute atomic E-state index is 12.5. The molecule has 0 amide bonds. The van der Waals surface area contributed by atoms with Gasteiger partial charge in [0.05, 0.1) is 5.41 Å². The quantitative estimate of drug-likeness (QED) is 0.861. The maximum Gasteiger partial charge on any atom is 0.149 e. The number of hydrogen-bond acceptors (Lipinski definition) is 2. The third kappa shape index (κ3) is 2.47. The highest BCUT2D eigenvalue weighted by Gasteiger charge is 2.50. The van der Waals surface area contributed by atoms with E-state index in [0.29, 0.717) is 6.42 Å². The lowest BCUT2D eigenvalue weighted by Gasteiger charge is -2.14. The summed E-state index contributed by atoms with van der Waals surface area (Å²) in [6, 6.07) is 13.9. The average Bonchev–Trinajstić information content (AvgIpc) is 3.24. The van der Waals surface area contributed by atoms with E-state index in [1.54, 1.807) is 6.20 Å². The van der Waals surface area contributed by atoms with Crippen LogP contribution < -0.4 is 0 Å². The molecule has 0 bridgehead atoms. The number of ketones is 1. The maximum atomic E-state index is 12.5. The van der Waals surface area contributed by atoms with Gasteiger partial charge in [-0.1, -0.05) is 30.3 Å². The third-order valence-corrected chi connectivity index (χ3v) is 4.21. The summed E-state index contributed by atoms with van der Waals surface area (Å²) in [5.74, 6) is 0.286. The zero-order valence-electron chi connectivity index (χ0n) is 10.5. The molecule has 3 rings (SSSR count). The molecule has 0 N–H and O–H groups in total. The highest BCUT2D eigenvalue weighted by Crippen LogP contribution is 2.49. The van der Waals surface area contributed by atoms with E-state index in [4.69, 9.17) is 0 Å². The smallest absolute Gasteiger partial charge is 0.149 e. The second kappa shape index (κ2) is 4.89. The van der Waals surface area contributed by atoms with Crippen LogP contribution in [0.1, 0.15) is 24.1 Å². The molecular weight excluding hydrogens is 302 g/mol. The second-order valence-electron chi connectivity index (χ2n) is 5.02. The highest BCUT2D eigenvalue weighted by molar-refractivity contribution is 9.10. The summed E-state index contributed by atoms with van der Waals surface area (Å²) in [6.07, 6.45) is 4.09. The van der Waals surface area contributed by atoms with Gasteiger partial charge in [-0.25, -0.2) is 0 Å². The van der Waals surface area contributed by atoms with Crippen LogP contribution in [0.4, 0.5) is 0 Å². The molecule has 1 aliphatic rings. The Kier molecular flexibility index (Phi) is 3.23. The van der Waals surface area contributed by atoms with E-state index in [1.165, 1.54) is 0 Å². The predicted octanol–water partition coefficient (Wildman–Crippen LogP) is 3.69. The van der Waals surface area contributed by atoms with Gasteiger partial charge >= 0.3 is 0 Å². The summed E-state index contributed by atoms with van der Waals surface area (Å²) in [5.41, 5.74) is 1.75. The minimum Gasteiger partial charge on any atom is -0.298 e. The zero-order valence-corrected chi connectivity index (χ0v) is 12.1. The molecule has 0 unspecified atom stereocenters. The number of benzene rings is 1. The number of rotatable bonds is 4. The molecule has 3 heteroatoms. The van der Waals surface area contributed by atoms with Gasteiger partial charge in [-0.05, 0) is 46.5 Å². The first-order valence-electron chi connectivity index (χ1n) is 6.40. The van der Waals surface area contributed by atoms with Crippen molar-refractivity contribution < 1.29 is 4.79 Å². The molecule has 1 heterocycles. The van der Waals surface area contributed by atoms with Crippen molar-refractivity contribution in [3.8, 4) is 0 Å². The Bertz CT molecular complexity index is 588. The van der Waals surface area contributed by atoms with Crippen LogP contribution in [-0.2, 0) is 16.6 Å². The first kappa shape index (κ1) is 12.5. The van der Waals surface area contributed by atoms with E-state index in [1.807, 2.05) is 30.3 Å². The Morgan fingerprint density at radius 1 is 1.16 bits per heavy atom. The fraction of sp³-hybridized carbons (Fsp3) is 0.250. The van der Waals surface area contributed by atoms with Crippen molar-refractivity contribution in [1.29, 1.82) is 0 Å². The molecule has 1 fully saturated rings. The summed E-state index contributed by atoms with van der Waals surface area (Å²) >= 11 is 3.35. The summed E-state index contributed by atoms with van der Waals surface area (Å²) in [7, 11) is 0. The Morgan fingerprint density at radius 2 is 1.89 bits per heavy atom. The molecule has 1 aliphatic carbocycles. The molecule has 0 spiro atoms.